The molecule has 2 aromatic heterocycles. The molecule has 1 N–H and O–H groups in total. The smallest absolute Gasteiger partial charge is 0.341 e. The molecule has 0 fully saturated rings. The third-order valence-electron chi connectivity index (χ3n) is 5.85. The molecule has 1 amide bonds. The van der Waals surface area contributed by atoms with E-state index in [4.69, 9.17) is 4.74 Å². The summed E-state index contributed by atoms with van der Waals surface area (Å²) in [7, 11) is 1.81. The Morgan fingerprint density at radius 2 is 1.83 bits per heavy atom. The van der Waals surface area contributed by atoms with Crippen LogP contribution in [0.2, 0.25) is 0 Å². The Labute approximate surface area is 204 Å². The summed E-state index contributed by atoms with van der Waals surface area (Å²) >= 11 is 0. The van der Waals surface area contributed by atoms with Gasteiger partial charge in [-0.05, 0) is 57.0 Å². The fourth-order valence-electron chi connectivity index (χ4n) is 3.90. The zero-order valence-electron chi connectivity index (χ0n) is 20.2. The molecule has 0 atom stereocenters. The van der Waals surface area contributed by atoms with Crippen molar-refractivity contribution >= 4 is 11.9 Å². The second-order valence-electron chi connectivity index (χ2n) is 8.30. The van der Waals surface area contributed by atoms with Crippen molar-refractivity contribution in [3.8, 4) is 16.9 Å². The molecule has 2 aromatic carbocycles. The van der Waals surface area contributed by atoms with Crippen LogP contribution in [-0.2, 0) is 11.2 Å². The molecule has 0 aliphatic rings. The minimum atomic E-state index is -0.393. The third-order valence-corrected chi connectivity index (χ3v) is 5.85. The summed E-state index contributed by atoms with van der Waals surface area (Å²) < 4.78 is 6.73. The monoisotopic (exact) mass is 471 g/mol. The fourth-order valence-corrected chi connectivity index (χ4v) is 3.90. The van der Waals surface area contributed by atoms with Crippen LogP contribution in [0.15, 0.2) is 66.9 Å². The van der Waals surface area contributed by atoms with Crippen LogP contribution in [0.5, 0.6) is 0 Å². The summed E-state index contributed by atoms with van der Waals surface area (Å²) in [4.78, 5) is 26.6. The summed E-state index contributed by atoms with van der Waals surface area (Å²) in [5.74, 6) is -0.438. The van der Waals surface area contributed by atoms with E-state index in [-0.39, 0.29) is 5.91 Å². The molecule has 8 nitrogen and oxygen atoms in total. The molecule has 0 aliphatic carbocycles. The molecule has 2 heterocycles. The SMILES string of the molecule is CCOC(=O)c1cnn(-c2ccc(C(=O)N(C)CCCc3cc(-c4ccccc4)n[nH]3)cc2)c1C. The van der Waals surface area contributed by atoms with E-state index in [0.29, 0.717) is 30.0 Å². The first-order chi connectivity index (χ1) is 17.0. The number of H-pyrrole nitrogens is 1. The number of amides is 1. The summed E-state index contributed by atoms with van der Waals surface area (Å²) in [5.41, 5.74) is 5.53. The molecule has 0 saturated carbocycles. The number of nitrogens with zero attached hydrogens (tertiary/aromatic N) is 4. The van der Waals surface area contributed by atoms with Crippen molar-refractivity contribution in [2.24, 2.45) is 0 Å². The standard InChI is InChI=1S/C27H29N5O3/c1-4-35-27(34)24-18-28-32(19(24)2)23-14-12-21(13-15-23)26(33)31(3)16-8-11-22-17-25(30-29-22)20-9-6-5-7-10-20/h5-7,9-10,12-15,17-18H,4,8,11,16H2,1-3H3,(H,29,30). The van der Waals surface area contributed by atoms with E-state index in [2.05, 4.69) is 21.4 Å². The van der Waals surface area contributed by atoms with Gasteiger partial charge in [0.25, 0.3) is 5.91 Å². The number of benzene rings is 2. The highest BCUT2D eigenvalue weighted by Gasteiger charge is 2.17. The summed E-state index contributed by atoms with van der Waals surface area (Å²) in [5, 5.41) is 11.8. The summed E-state index contributed by atoms with van der Waals surface area (Å²) in [6, 6.07) is 19.3. The van der Waals surface area contributed by atoms with Crippen molar-refractivity contribution in [1.29, 1.82) is 0 Å². The lowest BCUT2D eigenvalue weighted by Gasteiger charge is -2.17. The second-order valence-corrected chi connectivity index (χ2v) is 8.30. The van der Waals surface area contributed by atoms with Crippen LogP contribution in [0.25, 0.3) is 16.9 Å². The number of carbonyl (C=O) groups is 2. The van der Waals surface area contributed by atoms with Crippen LogP contribution in [-0.4, -0.2) is 57.0 Å². The number of esters is 1. The highest BCUT2D eigenvalue weighted by molar-refractivity contribution is 5.94. The van der Waals surface area contributed by atoms with E-state index in [1.165, 1.54) is 6.20 Å². The minimum absolute atomic E-state index is 0.0458. The van der Waals surface area contributed by atoms with E-state index >= 15 is 0 Å². The van der Waals surface area contributed by atoms with Crippen LogP contribution in [0.3, 0.4) is 0 Å². The third kappa shape index (κ3) is 5.48. The lowest BCUT2D eigenvalue weighted by atomic mass is 10.1. The van der Waals surface area contributed by atoms with Gasteiger partial charge in [-0.1, -0.05) is 30.3 Å². The predicted molar refractivity (Wildman–Crippen MR) is 134 cm³/mol. The van der Waals surface area contributed by atoms with E-state index < -0.39 is 5.97 Å². The van der Waals surface area contributed by atoms with Crippen LogP contribution >= 0.6 is 0 Å². The van der Waals surface area contributed by atoms with Gasteiger partial charge in [-0.15, -0.1) is 0 Å². The van der Waals surface area contributed by atoms with Gasteiger partial charge in [0.05, 0.1) is 29.9 Å². The predicted octanol–water partition coefficient (Wildman–Crippen LogP) is 4.45. The van der Waals surface area contributed by atoms with E-state index in [1.807, 2.05) is 56.4 Å². The Morgan fingerprint density at radius 1 is 1.09 bits per heavy atom. The van der Waals surface area contributed by atoms with Crippen LogP contribution < -0.4 is 0 Å². The van der Waals surface area contributed by atoms with Crippen molar-refractivity contribution in [3.05, 3.63) is 89.4 Å². The normalized spacial score (nSPS) is 10.8. The van der Waals surface area contributed by atoms with E-state index in [0.717, 1.165) is 35.5 Å². The van der Waals surface area contributed by atoms with Gasteiger partial charge < -0.3 is 9.64 Å². The quantitative estimate of drug-likeness (QED) is 0.364. The number of aromatic amines is 1. The average molecular weight is 472 g/mol. The Bertz CT molecular complexity index is 1290. The highest BCUT2D eigenvalue weighted by Crippen LogP contribution is 2.19. The van der Waals surface area contributed by atoms with Gasteiger partial charge in [-0.2, -0.15) is 10.2 Å². The number of hydrogen-bond acceptors (Lipinski definition) is 5. The topological polar surface area (TPSA) is 93.1 Å². The molecule has 8 heteroatoms. The first kappa shape index (κ1) is 23.9. The molecule has 0 saturated heterocycles. The van der Waals surface area contributed by atoms with Gasteiger partial charge >= 0.3 is 5.97 Å². The summed E-state index contributed by atoms with van der Waals surface area (Å²) in [6.07, 6.45) is 3.13. The lowest BCUT2D eigenvalue weighted by molar-refractivity contribution is 0.0525. The number of ether oxygens (including phenoxy) is 1. The molecule has 0 aliphatic heterocycles. The Hall–Kier alpha value is -4.20. The number of aryl methyl sites for hydroxylation is 1. The maximum absolute atomic E-state index is 12.9. The van der Waals surface area contributed by atoms with Crippen LogP contribution in [0.1, 0.15) is 45.4 Å². The average Bonchev–Trinajstić information content (AvgIpc) is 3.51. The zero-order chi connectivity index (χ0) is 24.8. The highest BCUT2D eigenvalue weighted by atomic mass is 16.5. The molecular formula is C27H29N5O3. The number of rotatable bonds is 9. The van der Waals surface area contributed by atoms with Gasteiger partial charge in [-0.3, -0.25) is 9.89 Å². The van der Waals surface area contributed by atoms with E-state index in [9.17, 15) is 9.59 Å². The molecule has 35 heavy (non-hydrogen) atoms. The Balaban J connectivity index is 1.33. The number of nitrogens with one attached hydrogen (secondary N) is 1. The number of aromatic nitrogens is 4. The van der Waals surface area contributed by atoms with Crippen molar-refractivity contribution in [2.75, 3.05) is 20.2 Å². The molecule has 4 aromatic rings. The van der Waals surface area contributed by atoms with Gasteiger partial charge in [0.2, 0.25) is 0 Å². The fraction of sp³-hybridized carbons (Fsp3) is 0.259. The first-order valence-electron chi connectivity index (χ1n) is 11.6. The van der Waals surface area contributed by atoms with E-state index in [1.54, 1.807) is 28.6 Å². The molecule has 0 unspecified atom stereocenters. The maximum atomic E-state index is 12.9. The zero-order valence-corrected chi connectivity index (χ0v) is 20.2. The number of carbonyl (C=O) groups excluding carboxylic acids is 2. The van der Waals surface area contributed by atoms with Crippen molar-refractivity contribution < 1.29 is 14.3 Å². The lowest BCUT2D eigenvalue weighted by Crippen LogP contribution is -2.28. The van der Waals surface area contributed by atoms with Crippen molar-refractivity contribution in [2.45, 2.75) is 26.7 Å². The molecular weight excluding hydrogens is 442 g/mol. The summed E-state index contributed by atoms with van der Waals surface area (Å²) in [6.45, 7) is 4.52. The van der Waals surface area contributed by atoms with Crippen molar-refractivity contribution in [1.82, 2.24) is 24.9 Å². The molecule has 0 radical (unpaired) electrons. The van der Waals surface area contributed by atoms with Crippen LogP contribution in [0.4, 0.5) is 0 Å². The van der Waals surface area contributed by atoms with Gasteiger partial charge in [0, 0.05) is 30.4 Å². The van der Waals surface area contributed by atoms with Crippen molar-refractivity contribution in [3.63, 3.8) is 0 Å². The molecule has 0 spiro atoms. The maximum Gasteiger partial charge on any atom is 0.341 e. The Kier molecular flexibility index (Phi) is 7.40. The van der Waals surface area contributed by atoms with Gasteiger partial charge in [-0.25, -0.2) is 9.48 Å². The minimum Gasteiger partial charge on any atom is -0.462 e. The first-order valence-corrected chi connectivity index (χ1v) is 11.6. The second kappa shape index (κ2) is 10.8. The Morgan fingerprint density at radius 3 is 2.54 bits per heavy atom. The molecule has 4 rings (SSSR count). The van der Waals surface area contributed by atoms with Gasteiger partial charge in [0.15, 0.2) is 0 Å². The molecule has 180 valence electrons. The largest absolute Gasteiger partial charge is 0.462 e. The van der Waals surface area contributed by atoms with Gasteiger partial charge in [0.1, 0.15) is 5.56 Å². The molecule has 0 bridgehead atoms. The van der Waals surface area contributed by atoms with Crippen LogP contribution in [0, 0.1) is 6.92 Å². The number of hydrogen-bond donors (Lipinski definition) is 1.